The molecule has 1 nitrogen and oxygen atoms in total. The van der Waals surface area contributed by atoms with Crippen LogP contribution in [0.1, 0.15) is 12.8 Å². The Morgan fingerprint density at radius 2 is 2.22 bits per heavy atom. The normalized spacial score (nSPS) is 45.4. The highest BCUT2D eigenvalue weighted by Gasteiger charge is 2.35. The summed E-state index contributed by atoms with van der Waals surface area (Å²) in [6.07, 6.45) is 6.84. The summed E-state index contributed by atoms with van der Waals surface area (Å²) in [5.74, 6) is 1.71. The third-order valence-corrected chi connectivity index (χ3v) is 2.44. The molecule has 0 aromatic carbocycles. The van der Waals surface area contributed by atoms with E-state index in [1.165, 1.54) is 6.42 Å². The maximum atomic E-state index is 8.60. The number of nitrogens with zero attached hydrogens (tertiary/aromatic N) is 1. The maximum absolute atomic E-state index is 8.60. The van der Waals surface area contributed by atoms with E-state index in [1.54, 1.807) is 0 Å². The van der Waals surface area contributed by atoms with E-state index >= 15 is 0 Å². The molecule has 0 spiro atoms. The van der Waals surface area contributed by atoms with Gasteiger partial charge in [0.15, 0.2) is 0 Å². The van der Waals surface area contributed by atoms with Gasteiger partial charge in [-0.2, -0.15) is 5.26 Å². The van der Waals surface area contributed by atoms with E-state index in [2.05, 4.69) is 18.2 Å². The van der Waals surface area contributed by atoms with Crippen molar-refractivity contribution in [2.24, 2.45) is 17.8 Å². The number of fused-ring (bicyclic) bond motifs is 2. The summed E-state index contributed by atoms with van der Waals surface area (Å²) < 4.78 is 0. The second-order valence-corrected chi connectivity index (χ2v) is 3.02. The lowest BCUT2D eigenvalue weighted by Crippen LogP contribution is -2.02. The Hall–Kier alpha value is -0.770. The lowest BCUT2D eigenvalue weighted by atomic mass is 9.95. The van der Waals surface area contributed by atoms with E-state index in [9.17, 15) is 0 Å². The smallest absolute Gasteiger partial charge is 0.0662 e. The van der Waals surface area contributed by atoms with Crippen LogP contribution in [0.15, 0.2) is 12.2 Å². The number of rotatable bonds is 0. The second kappa shape index (κ2) is 1.60. The van der Waals surface area contributed by atoms with Crippen LogP contribution in [-0.2, 0) is 0 Å². The highest BCUT2D eigenvalue weighted by molar-refractivity contribution is 5.14. The predicted octanol–water partition coefficient (Wildman–Crippen LogP) is 1.72. The van der Waals surface area contributed by atoms with Gasteiger partial charge in [0.05, 0.1) is 12.0 Å². The molecule has 0 heterocycles. The van der Waals surface area contributed by atoms with Gasteiger partial charge in [0.2, 0.25) is 0 Å². The van der Waals surface area contributed by atoms with Gasteiger partial charge in [-0.05, 0) is 24.7 Å². The molecular formula is C8H9N. The molecule has 1 heteroatoms. The Kier molecular flexibility index (Phi) is 0.900. The second-order valence-electron chi connectivity index (χ2n) is 3.02. The molecule has 46 valence electrons. The number of allylic oxidation sites excluding steroid dienone is 2. The van der Waals surface area contributed by atoms with Crippen molar-refractivity contribution in [3.63, 3.8) is 0 Å². The molecule has 2 bridgehead atoms. The van der Waals surface area contributed by atoms with Crippen LogP contribution in [-0.4, -0.2) is 0 Å². The molecule has 0 saturated heterocycles. The van der Waals surface area contributed by atoms with Crippen LogP contribution in [0.2, 0.25) is 0 Å². The summed E-state index contributed by atoms with van der Waals surface area (Å²) in [4.78, 5) is 0. The Bertz CT molecular complexity index is 187. The molecule has 2 aliphatic carbocycles. The highest BCUT2D eigenvalue weighted by atomic mass is 14.4. The van der Waals surface area contributed by atoms with Crippen LogP contribution in [0.4, 0.5) is 0 Å². The quantitative estimate of drug-likeness (QED) is 0.445. The Balaban J connectivity index is 2.22. The molecule has 0 radical (unpaired) electrons. The first-order valence-electron chi connectivity index (χ1n) is 3.48. The monoisotopic (exact) mass is 119 g/mol. The number of nitriles is 1. The molecule has 3 atom stereocenters. The van der Waals surface area contributed by atoms with Crippen molar-refractivity contribution in [3.05, 3.63) is 12.2 Å². The Labute approximate surface area is 55.0 Å². The maximum Gasteiger partial charge on any atom is 0.0662 e. The van der Waals surface area contributed by atoms with E-state index < -0.39 is 0 Å². The van der Waals surface area contributed by atoms with Gasteiger partial charge in [0.25, 0.3) is 0 Å². The topological polar surface area (TPSA) is 23.8 Å². The van der Waals surface area contributed by atoms with Gasteiger partial charge >= 0.3 is 0 Å². The van der Waals surface area contributed by atoms with Crippen molar-refractivity contribution < 1.29 is 0 Å². The van der Waals surface area contributed by atoms with E-state index in [4.69, 9.17) is 5.26 Å². The first-order valence-corrected chi connectivity index (χ1v) is 3.48. The average Bonchev–Trinajstić information content (AvgIpc) is 2.45. The molecule has 0 aliphatic heterocycles. The van der Waals surface area contributed by atoms with Gasteiger partial charge < -0.3 is 0 Å². The first kappa shape index (κ1) is 5.05. The molecule has 2 rings (SSSR count). The van der Waals surface area contributed by atoms with E-state index in [0.29, 0.717) is 11.8 Å². The van der Waals surface area contributed by atoms with Crippen molar-refractivity contribution in [2.75, 3.05) is 0 Å². The van der Waals surface area contributed by atoms with Gasteiger partial charge in [-0.1, -0.05) is 12.2 Å². The van der Waals surface area contributed by atoms with Crippen molar-refractivity contribution in [2.45, 2.75) is 12.8 Å². The molecule has 2 aliphatic rings. The van der Waals surface area contributed by atoms with Gasteiger partial charge in [-0.3, -0.25) is 0 Å². The molecular weight excluding hydrogens is 110 g/mol. The highest BCUT2D eigenvalue weighted by Crippen LogP contribution is 2.42. The summed E-state index contributed by atoms with van der Waals surface area (Å²) in [5.41, 5.74) is 0. The summed E-state index contributed by atoms with van der Waals surface area (Å²) in [6, 6.07) is 2.34. The molecule has 0 unspecified atom stereocenters. The third-order valence-electron chi connectivity index (χ3n) is 2.44. The molecule has 1 saturated carbocycles. The van der Waals surface area contributed by atoms with Crippen LogP contribution in [0, 0.1) is 29.1 Å². The minimum Gasteiger partial charge on any atom is -0.198 e. The van der Waals surface area contributed by atoms with Crippen LogP contribution in [0.3, 0.4) is 0 Å². The van der Waals surface area contributed by atoms with Gasteiger partial charge in [0, 0.05) is 0 Å². The lowest BCUT2D eigenvalue weighted by Gasteiger charge is -2.06. The van der Waals surface area contributed by atoms with Crippen molar-refractivity contribution in [1.29, 1.82) is 5.26 Å². The Morgan fingerprint density at radius 3 is 2.56 bits per heavy atom. The summed E-state index contributed by atoms with van der Waals surface area (Å²) in [5, 5.41) is 8.60. The lowest BCUT2D eigenvalue weighted by molar-refractivity contribution is 0.563. The van der Waals surface area contributed by atoms with Crippen LogP contribution in [0.25, 0.3) is 0 Å². The zero-order chi connectivity index (χ0) is 6.27. The van der Waals surface area contributed by atoms with E-state index in [-0.39, 0.29) is 0 Å². The van der Waals surface area contributed by atoms with E-state index in [1.807, 2.05) is 0 Å². The van der Waals surface area contributed by atoms with Crippen LogP contribution < -0.4 is 0 Å². The third kappa shape index (κ3) is 0.595. The predicted molar refractivity (Wildman–Crippen MR) is 34.5 cm³/mol. The summed E-state index contributed by atoms with van der Waals surface area (Å²) in [7, 11) is 0. The molecule has 0 N–H and O–H groups in total. The Morgan fingerprint density at radius 1 is 1.33 bits per heavy atom. The van der Waals surface area contributed by atoms with Crippen molar-refractivity contribution >= 4 is 0 Å². The first-order chi connectivity index (χ1) is 4.40. The molecule has 0 aromatic rings. The molecule has 0 amide bonds. The minimum absolute atomic E-state index is 0.347. The zero-order valence-electron chi connectivity index (χ0n) is 5.25. The zero-order valence-corrected chi connectivity index (χ0v) is 5.25. The number of hydrogen-bond acceptors (Lipinski definition) is 1. The minimum atomic E-state index is 0.347. The fraction of sp³-hybridized carbons (Fsp3) is 0.625. The van der Waals surface area contributed by atoms with Crippen LogP contribution in [0.5, 0.6) is 0 Å². The van der Waals surface area contributed by atoms with Crippen molar-refractivity contribution in [3.8, 4) is 6.07 Å². The average molecular weight is 119 g/mol. The van der Waals surface area contributed by atoms with Crippen LogP contribution >= 0.6 is 0 Å². The van der Waals surface area contributed by atoms with Gasteiger partial charge in [-0.15, -0.1) is 0 Å². The van der Waals surface area contributed by atoms with Gasteiger partial charge in [-0.25, -0.2) is 0 Å². The standard InChI is InChI=1S/C8H9N/c9-5-8-4-6-1-2-7(8)3-6/h1-2,6-8H,3-4H2/t6-,7+,8-/m0/s1. The SMILES string of the molecule is N#C[C@@H]1C[C@H]2C=C[C@@H]1C2. The molecule has 9 heavy (non-hydrogen) atoms. The fourth-order valence-corrected chi connectivity index (χ4v) is 1.93. The van der Waals surface area contributed by atoms with E-state index in [0.717, 1.165) is 12.3 Å². The van der Waals surface area contributed by atoms with Gasteiger partial charge in [0.1, 0.15) is 0 Å². The van der Waals surface area contributed by atoms with Crippen molar-refractivity contribution in [1.82, 2.24) is 0 Å². The summed E-state index contributed by atoms with van der Waals surface area (Å²) in [6.45, 7) is 0. The summed E-state index contributed by atoms with van der Waals surface area (Å²) >= 11 is 0. The fourth-order valence-electron chi connectivity index (χ4n) is 1.93. The molecule has 1 fully saturated rings. The largest absolute Gasteiger partial charge is 0.198 e. The molecule has 0 aromatic heterocycles. The number of hydrogen-bond donors (Lipinski definition) is 0.